The summed E-state index contributed by atoms with van der Waals surface area (Å²) in [5, 5.41) is 1.91. The van der Waals surface area contributed by atoms with Crippen LogP contribution in [-0.4, -0.2) is 20.9 Å². The number of amides is 1. The molecule has 0 bridgehead atoms. The molecule has 7 heteroatoms. The molecule has 0 aliphatic carbocycles. The molecule has 0 saturated heterocycles. The highest BCUT2D eigenvalue weighted by Gasteiger charge is 2.25. The van der Waals surface area contributed by atoms with Gasteiger partial charge in [0.15, 0.2) is 5.13 Å². The van der Waals surface area contributed by atoms with Gasteiger partial charge in [0, 0.05) is 17.1 Å². The van der Waals surface area contributed by atoms with Crippen LogP contribution in [0.1, 0.15) is 16.1 Å². The molecule has 0 fully saturated rings. The maximum Gasteiger partial charge on any atom is 0.261 e. The van der Waals surface area contributed by atoms with Crippen LogP contribution in [-0.2, 0) is 6.54 Å². The van der Waals surface area contributed by atoms with Crippen molar-refractivity contribution in [2.24, 2.45) is 0 Å². The number of hydrogen-bond donors (Lipinski definition) is 0. The van der Waals surface area contributed by atoms with Crippen molar-refractivity contribution in [1.82, 2.24) is 15.0 Å². The number of nitrogens with zero attached hydrogens (tertiary/aromatic N) is 4. The number of benzene rings is 3. The maximum atomic E-state index is 14.3. The van der Waals surface area contributed by atoms with Crippen molar-refractivity contribution in [2.75, 3.05) is 4.90 Å². The Bertz CT molecular complexity index is 1700. The van der Waals surface area contributed by atoms with E-state index in [2.05, 4.69) is 4.98 Å². The monoisotopic (exact) mass is 506 g/mol. The first kappa shape index (κ1) is 22.3. The largest absolute Gasteiger partial charge is 0.278 e. The lowest BCUT2D eigenvalue weighted by molar-refractivity contribution is 0.0986. The van der Waals surface area contributed by atoms with Crippen molar-refractivity contribution in [2.45, 2.75) is 6.54 Å². The van der Waals surface area contributed by atoms with Crippen molar-refractivity contribution >= 4 is 55.1 Å². The molecule has 36 heavy (non-hydrogen) atoms. The molecular weight excluding hydrogens is 488 g/mol. The summed E-state index contributed by atoms with van der Waals surface area (Å²) in [5.74, 6) is -0.174. The molecule has 0 saturated carbocycles. The molecule has 0 aliphatic rings. The van der Waals surface area contributed by atoms with Crippen LogP contribution in [0.25, 0.3) is 32.4 Å². The van der Waals surface area contributed by atoms with Gasteiger partial charge in [0.2, 0.25) is 0 Å². The number of aromatic nitrogens is 3. The lowest BCUT2D eigenvalue weighted by Crippen LogP contribution is -2.31. The molecule has 0 aliphatic heterocycles. The molecule has 3 aromatic heterocycles. The summed E-state index contributed by atoms with van der Waals surface area (Å²) in [7, 11) is 0. The molecule has 0 spiro atoms. The number of thiazole rings is 1. The van der Waals surface area contributed by atoms with Crippen molar-refractivity contribution in [3.05, 3.63) is 120 Å². The number of rotatable bonds is 5. The Balaban J connectivity index is 1.53. The molecule has 0 unspecified atom stereocenters. The quantitative estimate of drug-likeness (QED) is 0.244. The highest BCUT2D eigenvalue weighted by molar-refractivity contribution is 7.22. The van der Waals surface area contributed by atoms with Gasteiger partial charge >= 0.3 is 0 Å². The second-order valence-electron chi connectivity index (χ2n) is 8.23. The van der Waals surface area contributed by atoms with Crippen molar-refractivity contribution in [1.29, 1.82) is 0 Å². The van der Waals surface area contributed by atoms with E-state index in [0.717, 1.165) is 32.6 Å². The smallest absolute Gasteiger partial charge is 0.261 e. The van der Waals surface area contributed by atoms with Crippen LogP contribution < -0.4 is 4.90 Å². The highest BCUT2D eigenvalue weighted by Crippen LogP contribution is 2.35. The van der Waals surface area contributed by atoms with Crippen LogP contribution in [0.15, 0.2) is 103 Å². The number of hydrogen-bond acceptors (Lipinski definition) is 5. The predicted molar refractivity (Wildman–Crippen MR) is 147 cm³/mol. The van der Waals surface area contributed by atoms with Gasteiger partial charge in [-0.3, -0.25) is 14.7 Å². The third-order valence-corrected chi connectivity index (χ3v) is 7.25. The minimum Gasteiger partial charge on any atom is -0.278 e. The van der Waals surface area contributed by atoms with Gasteiger partial charge < -0.3 is 0 Å². The van der Waals surface area contributed by atoms with Gasteiger partial charge in [-0.15, -0.1) is 0 Å². The third-order valence-electron chi connectivity index (χ3n) is 5.90. The average molecular weight is 507 g/mol. The summed E-state index contributed by atoms with van der Waals surface area (Å²) < 4.78 is 0.917. The van der Waals surface area contributed by atoms with E-state index in [1.165, 1.54) is 11.3 Å². The molecule has 3 aromatic carbocycles. The Morgan fingerprint density at radius 2 is 1.67 bits per heavy atom. The molecule has 174 valence electrons. The minimum absolute atomic E-state index is 0.174. The summed E-state index contributed by atoms with van der Waals surface area (Å²) in [5.41, 5.74) is 4.44. The second kappa shape index (κ2) is 9.49. The van der Waals surface area contributed by atoms with Crippen molar-refractivity contribution < 1.29 is 4.79 Å². The van der Waals surface area contributed by atoms with E-state index in [-0.39, 0.29) is 12.5 Å². The van der Waals surface area contributed by atoms with Gasteiger partial charge in [-0.2, -0.15) is 0 Å². The second-order valence-corrected chi connectivity index (χ2v) is 9.65. The van der Waals surface area contributed by atoms with Crippen LogP contribution in [0.4, 0.5) is 5.13 Å². The Morgan fingerprint density at radius 1 is 0.861 bits per heavy atom. The van der Waals surface area contributed by atoms with Gasteiger partial charge in [-0.1, -0.05) is 83.6 Å². The Kier molecular flexibility index (Phi) is 5.89. The number of carbonyl (C=O) groups is 1. The molecule has 5 nitrogen and oxygen atoms in total. The summed E-state index contributed by atoms with van der Waals surface area (Å²) >= 11 is 7.85. The van der Waals surface area contributed by atoms with Crippen LogP contribution in [0.2, 0.25) is 5.02 Å². The number of anilines is 1. The summed E-state index contributed by atoms with van der Waals surface area (Å²) in [6.07, 6.45) is 1.72. The highest BCUT2D eigenvalue weighted by atomic mass is 35.5. The number of carbonyl (C=O) groups excluding carboxylic acids is 1. The van der Waals surface area contributed by atoms with Crippen LogP contribution >= 0.6 is 22.9 Å². The predicted octanol–water partition coefficient (Wildman–Crippen LogP) is 7.41. The van der Waals surface area contributed by atoms with E-state index in [9.17, 15) is 4.79 Å². The molecule has 0 atom stereocenters. The average Bonchev–Trinajstić information content (AvgIpc) is 3.37. The Labute approximate surface area is 216 Å². The summed E-state index contributed by atoms with van der Waals surface area (Å²) in [6.45, 7) is 0.272. The van der Waals surface area contributed by atoms with Gasteiger partial charge in [0.05, 0.1) is 38.7 Å². The number of para-hydroxylation sites is 2. The Hall–Kier alpha value is -4.13. The zero-order chi connectivity index (χ0) is 24.5. The molecule has 3 heterocycles. The normalized spacial score (nSPS) is 11.1. The summed E-state index contributed by atoms with van der Waals surface area (Å²) in [6, 6.07) is 30.8. The number of pyridine rings is 2. The van der Waals surface area contributed by atoms with Crippen LogP contribution in [0.3, 0.4) is 0 Å². The molecular formula is C29H19ClN4OS. The third kappa shape index (κ3) is 4.21. The fraction of sp³-hybridized carbons (Fsp3) is 0.0345. The van der Waals surface area contributed by atoms with E-state index in [1.54, 1.807) is 17.2 Å². The first-order valence-corrected chi connectivity index (χ1v) is 12.6. The SMILES string of the molecule is O=C(c1cc(-c2ccccc2)nc2ccccc12)N(Cc1ccccn1)c1nc2c(Cl)cccc2s1. The van der Waals surface area contributed by atoms with Crippen molar-refractivity contribution in [3.63, 3.8) is 0 Å². The van der Waals surface area contributed by atoms with E-state index >= 15 is 0 Å². The molecule has 6 rings (SSSR count). The molecule has 0 radical (unpaired) electrons. The first-order valence-electron chi connectivity index (χ1n) is 11.4. The maximum absolute atomic E-state index is 14.3. The topological polar surface area (TPSA) is 59.0 Å². The van der Waals surface area contributed by atoms with Crippen molar-refractivity contribution in [3.8, 4) is 11.3 Å². The lowest BCUT2D eigenvalue weighted by atomic mass is 10.0. The first-order chi connectivity index (χ1) is 17.7. The standard InChI is InChI=1S/C29H19ClN4OS/c30-23-13-8-15-26-27(23)33-29(36-26)34(18-20-11-6-7-16-31-20)28(35)22-17-25(19-9-2-1-3-10-19)32-24-14-5-4-12-21(22)24/h1-17H,18H2. The number of fused-ring (bicyclic) bond motifs is 2. The van der Waals surface area contributed by atoms with E-state index in [1.807, 2.05) is 91.0 Å². The molecule has 1 amide bonds. The van der Waals surface area contributed by atoms with Crippen LogP contribution in [0, 0.1) is 0 Å². The Morgan fingerprint density at radius 3 is 2.47 bits per heavy atom. The van der Waals surface area contributed by atoms with Gasteiger partial charge in [-0.05, 0) is 36.4 Å². The van der Waals surface area contributed by atoms with E-state index in [0.29, 0.717) is 21.2 Å². The zero-order valence-corrected chi connectivity index (χ0v) is 20.6. The summed E-state index contributed by atoms with van der Waals surface area (Å²) in [4.78, 5) is 30.1. The fourth-order valence-electron chi connectivity index (χ4n) is 4.15. The van der Waals surface area contributed by atoms with Gasteiger partial charge in [0.25, 0.3) is 5.91 Å². The van der Waals surface area contributed by atoms with Gasteiger partial charge in [0.1, 0.15) is 5.52 Å². The fourth-order valence-corrected chi connectivity index (χ4v) is 5.42. The van der Waals surface area contributed by atoms with E-state index < -0.39 is 0 Å². The lowest BCUT2D eigenvalue weighted by Gasteiger charge is -2.21. The minimum atomic E-state index is -0.174. The van der Waals surface area contributed by atoms with Gasteiger partial charge in [-0.25, -0.2) is 9.97 Å². The molecule has 0 N–H and O–H groups in total. The zero-order valence-electron chi connectivity index (χ0n) is 19.0. The van der Waals surface area contributed by atoms with E-state index in [4.69, 9.17) is 21.6 Å². The molecule has 6 aromatic rings. The number of halogens is 1. The van der Waals surface area contributed by atoms with Crippen LogP contribution in [0.5, 0.6) is 0 Å².